The third kappa shape index (κ3) is 4.80. The average molecular weight is 295 g/mol. The first-order valence-electron chi connectivity index (χ1n) is 6.34. The fourth-order valence-electron chi connectivity index (χ4n) is 1.86. The topological polar surface area (TPSA) is 45.2 Å². The molecule has 0 radical (unpaired) electrons. The zero-order chi connectivity index (χ0) is 13.5. The molecule has 1 fully saturated rings. The van der Waals surface area contributed by atoms with Gasteiger partial charge in [-0.05, 0) is 25.0 Å². The number of thiocarbonyl (C=S) groups is 1. The van der Waals surface area contributed by atoms with E-state index in [1.165, 1.54) is 24.6 Å². The Labute approximate surface area is 123 Å². The molecule has 0 bridgehead atoms. The molecule has 1 aromatic heterocycles. The van der Waals surface area contributed by atoms with Crippen molar-refractivity contribution in [1.82, 2.24) is 15.2 Å². The van der Waals surface area contributed by atoms with Crippen molar-refractivity contribution >= 4 is 34.2 Å². The Kier molecular flexibility index (Phi) is 5.60. The highest BCUT2D eigenvalue weighted by Crippen LogP contribution is 2.15. The van der Waals surface area contributed by atoms with Crippen LogP contribution in [0.1, 0.15) is 18.5 Å². The molecule has 0 aromatic carbocycles. The number of likely N-dealkylation sites (tertiary alicyclic amines) is 1. The van der Waals surface area contributed by atoms with E-state index in [2.05, 4.69) is 15.2 Å². The molecule has 1 aliphatic rings. The van der Waals surface area contributed by atoms with Gasteiger partial charge in [-0.1, -0.05) is 30.0 Å². The summed E-state index contributed by atoms with van der Waals surface area (Å²) in [4.78, 5) is 18.0. The summed E-state index contributed by atoms with van der Waals surface area (Å²) in [6.45, 7) is 2.53. The average Bonchev–Trinajstić information content (AvgIpc) is 2.98. The van der Waals surface area contributed by atoms with Gasteiger partial charge in [-0.3, -0.25) is 9.78 Å². The third-order valence-electron chi connectivity index (χ3n) is 2.88. The second-order valence-electron chi connectivity index (χ2n) is 4.35. The molecule has 0 atom stereocenters. The molecule has 0 aliphatic carbocycles. The van der Waals surface area contributed by atoms with Gasteiger partial charge in [0, 0.05) is 19.3 Å². The van der Waals surface area contributed by atoms with Crippen LogP contribution in [0.2, 0.25) is 0 Å². The number of thioether (sulfide) groups is 1. The van der Waals surface area contributed by atoms with E-state index in [9.17, 15) is 4.79 Å². The Hall–Kier alpha value is -1.14. The molecular formula is C13H17N3OS2. The summed E-state index contributed by atoms with van der Waals surface area (Å²) in [6, 6.07) is 5.66. The molecule has 2 heterocycles. The molecule has 1 N–H and O–H groups in total. The van der Waals surface area contributed by atoms with Crippen molar-refractivity contribution in [1.29, 1.82) is 0 Å². The summed E-state index contributed by atoms with van der Waals surface area (Å²) in [5, 5.41) is 2.84. The summed E-state index contributed by atoms with van der Waals surface area (Å²) in [6.07, 6.45) is 4.12. The van der Waals surface area contributed by atoms with Gasteiger partial charge >= 0.3 is 0 Å². The van der Waals surface area contributed by atoms with E-state index in [-0.39, 0.29) is 5.91 Å². The Morgan fingerprint density at radius 1 is 1.42 bits per heavy atom. The van der Waals surface area contributed by atoms with E-state index in [1.807, 2.05) is 18.2 Å². The van der Waals surface area contributed by atoms with E-state index in [4.69, 9.17) is 12.2 Å². The molecule has 1 aromatic rings. The number of nitrogens with zero attached hydrogens (tertiary/aromatic N) is 2. The molecule has 102 valence electrons. The molecule has 0 spiro atoms. The highest BCUT2D eigenvalue weighted by molar-refractivity contribution is 8.23. The Morgan fingerprint density at radius 3 is 2.89 bits per heavy atom. The lowest BCUT2D eigenvalue weighted by molar-refractivity contribution is -0.118. The van der Waals surface area contributed by atoms with Crippen LogP contribution in [-0.4, -0.2) is 39.0 Å². The van der Waals surface area contributed by atoms with Crippen molar-refractivity contribution in [3.8, 4) is 0 Å². The zero-order valence-corrected chi connectivity index (χ0v) is 12.3. The van der Waals surface area contributed by atoms with Crippen LogP contribution < -0.4 is 5.32 Å². The molecule has 1 saturated heterocycles. The normalized spacial score (nSPS) is 14.4. The number of carbonyl (C=O) groups is 1. The number of nitrogens with one attached hydrogen (secondary N) is 1. The van der Waals surface area contributed by atoms with Gasteiger partial charge < -0.3 is 10.2 Å². The van der Waals surface area contributed by atoms with Crippen LogP contribution in [0.3, 0.4) is 0 Å². The molecule has 1 amide bonds. The fraction of sp³-hybridized carbons (Fsp3) is 0.462. The maximum absolute atomic E-state index is 11.7. The number of pyridine rings is 1. The first-order chi connectivity index (χ1) is 9.25. The molecule has 0 unspecified atom stereocenters. The van der Waals surface area contributed by atoms with Crippen LogP contribution >= 0.6 is 24.0 Å². The van der Waals surface area contributed by atoms with Gasteiger partial charge in [0.1, 0.15) is 4.32 Å². The minimum absolute atomic E-state index is 0.00259. The van der Waals surface area contributed by atoms with E-state index < -0.39 is 0 Å². The molecular weight excluding hydrogens is 278 g/mol. The highest BCUT2D eigenvalue weighted by atomic mass is 32.2. The van der Waals surface area contributed by atoms with Gasteiger partial charge in [0.15, 0.2) is 0 Å². The summed E-state index contributed by atoms with van der Waals surface area (Å²) < 4.78 is 0.838. The number of rotatable bonds is 4. The largest absolute Gasteiger partial charge is 0.358 e. The third-order valence-corrected chi connectivity index (χ3v) is 4.41. The Morgan fingerprint density at radius 2 is 2.21 bits per heavy atom. The lowest BCUT2D eigenvalue weighted by Gasteiger charge is -2.17. The van der Waals surface area contributed by atoms with Crippen molar-refractivity contribution < 1.29 is 4.79 Å². The highest BCUT2D eigenvalue weighted by Gasteiger charge is 2.15. The lowest BCUT2D eigenvalue weighted by atomic mass is 10.3. The Balaban J connectivity index is 1.65. The van der Waals surface area contributed by atoms with Crippen molar-refractivity contribution in [3.63, 3.8) is 0 Å². The molecule has 0 saturated carbocycles. The van der Waals surface area contributed by atoms with Crippen LogP contribution in [0.5, 0.6) is 0 Å². The van der Waals surface area contributed by atoms with Gasteiger partial charge in [0.05, 0.1) is 18.0 Å². The molecule has 19 heavy (non-hydrogen) atoms. The number of hydrogen-bond donors (Lipinski definition) is 1. The summed E-state index contributed by atoms with van der Waals surface area (Å²) in [5.74, 6) is 0.375. The van der Waals surface area contributed by atoms with Crippen molar-refractivity contribution in [2.75, 3.05) is 18.8 Å². The van der Waals surface area contributed by atoms with Crippen LogP contribution in [0.15, 0.2) is 24.4 Å². The summed E-state index contributed by atoms with van der Waals surface area (Å²) in [7, 11) is 0. The van der Waals surface area contributed by atoms with Crippen LogP contribution in [0.25, 0.3) is 0 Å². The standard InChI is InChI=1S/C13H17N3OS2/c17-12(15-9-11-5-1-2-6-14-11)10-19-13(18)16-7-3-4-8-16/h1-2,5-6H,3-4,7-10H2,(H,15,17). The minimum atomic E-state index is -0.00259. The molecule has 2 rings (SSSR count). The lowest BCUT2D eigenvalue weighted by Crippen LogP contribution is -2.28. The number of aromatic nitrogens is 1. The van der Waals surface area contributed by atoms with Gasteiger partial charge in [0.25, 0.3) is 0 Å². The van der Waals surface area contributed by atoms with Crippen LogP contribution in [0, 0.1) is 0 Å². The van der Waals surface area contributed by atoms with Crippen molar-refractivity contribution in [2.45, 2.75) is 19.4 Å². The van der Waals surface area contributed by atoms with Gasteiger partial charge in [-0.25, -0.2) is 0 Å². The number of amides is 1. The van der Waals surface area contributed by atoms with Crippen LogP contribution in [-0.2, 0) is 11.3 Å². The minimum Gasteiger partial charge on any atom is -0.358 e. The molecule has 6 heteroatoms. The van der Waals surface area contributed by atoms with E-state index in [0.717, 1.165) is 23.1 Å². The number of hydrogen-bond acceptors (Lipinski definition) is 4. The summed E-state index contributed by atoms with van der Waals surface area (Å²) >= 11 is 6.75. The zero-order valence-electron chi connectivity index (χ0n) is 10.7. The maximum atomic E-state index is 11.7. The van der Waals surface area contributed by atoms with E-state index >= 15 is 0 Å². The quantitative estimate of drug-likeness (QED) is 0.858. The predicted molar refractivity (Wildman–Crippen MR) is 81.9 cm³/mol. The van der Waals surface area contributed by atoms with Gasteiger partial charge in [0.2, 0.25) is 5.91 Å². The fourth-order valence-corrected chi connectivity index (χ4v) is 2.94. The van der Waals surface area contributed by atoms with Crippen LogP contribution in [0.4, 0.5) is 0 Å². The SMILES string of the molecule is O=C(CSC(=S)N1CCCC1)NCc1ccccn1. The Bertz CT molecular complexity index is 433. The number of carbonyl (C=O) groups excluding carboxylic acids is 1. The molecule has 4 nitrogen and oxygen atoms in total. The van der Waals surface area contributed by atoms with E-state index in [1.54, 1.807) is 6.20 Å². The molecule has 1 aliphatic heterocycles. The van der Waals surface area contributed by atoms with Crippen molar-refractivity contribution in [2.24, 2.45) is 0 Å². The predicted octanol–water partition coefficient (Wildman–Crippen LogP) is 1.81. The second-order valence-corrected chi connectivity index (χ2v) is 5.96. The maximum Gasteiger partial charge on any atom is 0.230 e. The first kappa shape index (κ1) is 14.3. The smallest absolute Gasteiger partial charge is 0.230 e. The van der Waals surface area contributed by atoms with Gasteiger partial charge in [-0.15, -0.1) is 0 Å². The monoisotopic (exact) mass is 295 g/mol. The van der Waals surface area contributed by atoms with E-state index in [0.29, 0.717) is 12.3 Å². The summed E-state index contributed by atoms with van der Waals surface area (Å²) in [5.41, 5.74) is 0.864. The second kappa shape index (κ2) is 7.45. The first-order valence-corrected chi connectivity index (χ1v) is 7.73. The van der Waals surface area contributed by atoms with Gasteiger partial charge in [-0.2, -0.15) is 0 Å². The van der Waals surface area contributed by atoms with Crippen molar-refractivity contribution in [3.05, 3.63) is 30.1 Å².